The van der Waals surface area contributed by atoms with Crippen LogP contribution in [-0.2, 0) is 20.1 Å². The van der Waals surface area contributed by atoms with Crippen LogP contribution in [0.5, 0.6) is 0 Å². The largest absolute Gasteiger partial charge is 0.379 e. The molecule has 2 N–H and O–H groups in total. The Morgan fingerprint density at radius 3 is 2.29 bits per heavy atom. The van der Waals surface area contributed by atoms with E-state index in [1.165, 1.54) is 79.8 Å². The van der Waals surface area contributed by atoms with E-state index < -0.39 is 17.5 Å². The van der Waals surface area contributed by atoms with Gasteiger partial charge < -0.3 is 10.0 Å². The third-order valence-corrected chi connectivity index (χ3v) is 10.5. The number of unbranched alkanes of at least 4 members (excludes halogenated alkanes) is 12. The summed E-state index contributed by atoms with van der Waals surface area (Å²) in [6.07, 6.45) is 19.0. The molecule has 1 aromatic carbocycles. The predicted molar refractivity (Wildman–Crippen MR) is 211 cm³/mol. The summed E-state index contributed by atoms with van der Waals surface area (Å²) in [7, 11) is 1.65. The molecule has 4 heterocycles. The van der Waals surface area contributed by atoms with Gasteiger partial charge in [0.05, 0.1) is 18.6 Å². The number of para-hydroxylation sites is 1. The fourth-order valence-corrected chi connectivity index (χ4v) is 7.56. The number of nitrogens with zero attached hydrogens (tertiary/aromatic N) is 7. The van der Waals surface area contributed by atoms with E-state index in [2.05, 4.69) is 38.9 Å². The number of aliphatic hydroxyl groups is 1. The van der Waals surface area contributed by atoms with E-state index in [1.807, 2.05) is 35.8 Å². The number of piperidine rings is 1. The summed E-state index contributed by atoms with van der Waals surface area (Å²) in [5.41, 5.74) is 1.30. The minimum atomic E-state index is -0.559. The van der Waals surface area contributed by atoms with Gasteiger partial charge in [0.1, 0.15) is 12.1 Å². The van der Waals surface area contributed by atoms with Crippen molar-refractivity contribution in [3.63, 3.8) is 0 Å². The van der Waals surface area contributed by atoms with Crippen LogP contribution in [0.25, 0.3) is 22.1 Å². The maximum Gasteiger partial charge on any atom is 0.332 e. The van der Waals surface area contributed by atoms with Crippen molar-refractivity contribution in [1.82, 2.24) is 34.0 Å². The highest BCUT2D eigenvalue weighted by atomic mass is 16.3. The van der Waals surface area contributed by atoms with Crippen LogP contribution in [0.2, 0.25) is 0 Å². The lowest BCUT2D eigenvalue weighted by Crippen LogP contribution is -2.49. The molecule has 1 aliphatic heterocycles. The molecule has 3 aromatic heterocycles. The molecule has 52 heavy (non-hydrogen) atoms. The molecule has 1 unspecified atom stereocenters. The molecular formula is C41H60N8O3. The molecule has 1 fully saturated rings. The molecule has 0 amide bonds. The Bertz CT molecular complexity index is 1930. The van der Waals surface area contributed by atoms with E-state index in [0.717, 1.165) is 55.2 Å². The molecule has 0 spiro atoms. The maximum atomic E-state index is 14.1. The first-order chi connectivity index (χ1) is 25.3. The Morgan fingerprint density at radius 1 is 0.923 bits per heavy atom. The van der Waals surface area contributed by atoms with E-state index >= 15 is 0 Å². The predicted octanol–water partition coefficient (Wildman–Crippen LogP) is 6.58. The van der Waals surface area contributed by atoms with Gasteiger partial charge in [-0.1, -0.05) is 108 Å². The van der Waals surface area contributed by atoms with E-state index in [-0.39, 0.29) is 19.1 Å². The number of hydrogen-bond acceptors (Lipinski definition) is 8. The van der Waals surface area contributed by atoms with Crippen LogP contribution in [0, 0.1) is 18.8 Å². The van der Waals surface area contributed by atoms with Crippen LogP contribution in [0.4, 0.5) is 5.95 Å². The number of imidazole rings is 1. The number of hydrogen-bond donors (Lipinski definition) is 2. The molecule has 4 aromatic rings. The third kappa shape index (κ3) is 10.1. The molecule has 1 saturated heterocycles. The number of rotatable bonds is 20. The highest BCUT2D eigenvalue weighted by Crippen LogP contribution is 2.24. The van der Waals surface area contributed by atoms with Gasteiger partial charge in [-0.3, -0.25) is 23.8 Å². The zero-order chi connectivity index (χ0) is 36.9. The summed E-state index contributed by atoms with van der Waals surface area (Å²) in [6, 6.07) is 7.79. The highest BCUT2D eigenvalue weighted by molar-refractivity contribution is 5.80. The van der Waals surface area contributed by atoms with Crippen molar-refractivity contribution in [3.05, 3.63) is 56.6 Å². The Hall–Kier alpha value is -4.01. The van der Waals surface area contributed by atoms with Crippen molar-refractivity contribution in [2.75, 3.05) is 18.0 Å². The van der Waals surface area contributed by atoms with Crippen LogP contribution < -0.4 is 21.5 Å². The third-order valence-electron chi connectivity index (χ3n) is 10.5. The number of nitrogens with one attached hydrogen (secondary N) is 1. The van der Waals surface area contributed by atoms with Crippen LogP contribution in [0.3, 0.4) is 0 Å². The van der Waals surface area contributed by atoms with E-state index in [4.69, 9.17) is 4.98 Å². The fourth-order valence-electron chi connectivity index (χ4n) is 7.56. The molecule has 11 nitrogen and oxygen atoms in total. The number of fused-ring (bicyclic) bond motifs is 2. The SMILES string of the molecule is CC#CCn1c(N2CCC[C@@H](NC(O)CCCCCCCCCCCCCCC)C2)nc2c1c(=O)n(Cc1nc(C)c3ccccc3n1)c(=O)n2C. The fraction of sp³-hybridized carbons (Fsp3) is 0.634. The van der Waals surface area contributed by atoms with Crippen molar-refractivity contribution < 1.29 is 5.11 Å². The summed E-state index contributed by atoms with van der Waals surface area (Å²) >= 11 is 0. The molecule has 0 radical (unpaired) electrons. The number of benzene rings is 1. The summed E-state index contributed by atoms with van der Waals surface area (Å²) in [6.45, 7) is 7.53. The van der Waals surface area contributed by atoms with Gasteiger partial charge in [0.2, 0.25) is 5.95 Å². The van der Waals surface area contributed by atoms with Gasteiger partial charge in [0.15, 0.2) is 11.2 Å². The zero-order valence-electron chi connectivity index (χ0n) is 32.0. The first-order valence-corrected chi connectivity index (χ1v) is 19.8. The van der Waals surface area contributed by atoms with Gasteiger partial charge in [0.25, 0.3) is 5.56 Å². The molecule has 5 rings (SSSR count). The Morgan fingerprint density at radius 2 is 1.60 bits per heavy atom. The number of aromatic nitrogens is 6. The second-order valence-electron chi connectivity index (χ2n) is 14.6. The highest BCUT2D eigenvalue weighted by Gasteiger charge is 2.28. The van der Waals surface area contributed by atoms with Gasteiger partial charge in [-0.15, -0.1) is 5.92 Å². The second kappa shape index (κ2) is 19.7. The normalized spacial score (nSPS) is 15.3. The summed E-state index contributed by atoms with van der Waals surface area (Å²) in [5, 5.41) is 15.3. The molecular weight excluding hydrogens is 653 g/mol. The van der Waals surface area contributed by atoms with Gasteiger partial charge in [-0.2, -0.15) is 4.98 Å². The Kier molecular flexibility index (Phi) is 14.9. The van der Waals surface area contributed by atoms with Crippen molar-refractivity contribution in [2.45, 2.75) is 149 Å². The lowest BCUT2D eigenvalue weighted by Gasteiger charge is -2.35. The molecule has 0 saturated carbocycles. The van der Waals surface area contributed by atoms with Gasteiger partial charge >= 0.3 is 5.69 Å². The number of aliphatic hydroxyl groups excluding tert-OH is 1. The van der Waals surface area contributed by atoms with Crippen LogP contribution in [-0.4, -0.2) is 59.1 Å². The van der Waals surface area contributed by atoms with Crippen molar-refractivity contribution in [1.29, 1.82) is 0 Å². The van der Waals surface area contributed by atoms with Gasteiger partial charge in [-0.25, -0.2) is 14.8 Å². The average molecular weight is 713 g/mol. The lowest BCUT2D eigenvalue weighted by molar-refractivity contribution is 0.106. The van der Waals surface area contributed by atoms with Gasteiger partial charge in [0, 0.05) is 37.3 Å². The van der Waals surface area contributed by atoms with Gasteiger partial charge in [-0.05, 0) is 45.6 Å². The molecule has 0 aliphatic carbocycles. The van der Waals surface area contributed by atoms with Crippen molar-refractivity contribution in [3.8, 4) is 11.8 Å². The second-order valence-corrected chi connectivity index (χ2v) is 14.6. The van der Waals surface area contributed by atoms with E-state index in [1.54, 1.807) is 14.0 Å². The summed E-state index contributed by atoms with van der Waals surface area (Å²) in [4.78, 5) is 44.1. The molecule has 1 aliphatic rings. The van der Waals surface area contributed by atoms with Crippen LogP contribution in [0.15, 0.2) is 33.9 Å². The molecule has 282 valence electrons. The molecule has 0 bridgehead atoms. The topological polar surface area (TPSA) is 123 Å². The Balaban J connectivity index is 1.20. The van der Waals surface area contributed by atoms with Crippen LogP contribution >= 0.6 is 0 Å². The molecule has 11 heteroatoms. The smallest absolute Gasteiger partial charge is 0.332 e. The Labute approximate surface area is 308 Å². The van der Waals surface area contributed by atoms with Crippen molar-refractivity contribution >= 4 is 28.0 Å². The lowest BCUT2D eigenvalue weighted by atomic mass is 10.0. The van der Waals surface area contributed by atoms with Crippen molar-refractivity contribution in [2.24, 2.45) is 7.05 Å². The zero-order valence-corrected chi connectivity index (χ0v) is 32.0. The minimum absolute atomic E-state index is 0.0556. The van der Waals surface area contributed by atoms with Crippen LogP contribution in [0.1, 0.15) is 128 Å². The van der Waals surface area contributed by atoms with E-state index in [9.17, 15) is 14.7 Å². The van der Waals surface area contributed by atoms with E-state index in [0.29, 0.717) is 29.5 Å². The minimum Gasteiger partial charge on any atom is -0.379 e. The number of anilines is 1. The average Bonchev–Trinajstić information content (AvgIpc) is 3.53. The maximum absolute atomic E-state index is 14.1. The monoisotopic (exact) mass is 712 g/mol. The summed E-state index contributed by atoms with van der Waals surface area (Å²) in [5.74, 6) is 7.07. The first kappa shape index (κ1) is 39.2. The first-order valence-electron chi connectivity index (χ1n) is 19.8. The molecule has 2 atom stereocenters. The quantitative estimate of drug-likeness (QED) is 0.0599. The number of aryl methyl sites for hydroxylation is 2. The summed E-state index contributed by atoms with van der Waals surface area (Å²) < 4.78 is 4.46. The standard InChI is InChI=1S/C41H60N8O3/c1-5-7-9-10-11-12-13-14-15-16-17-18-19-26-36(50)43-32-23-22-27-47(29-32)40-45-38-37(48(40)28-8-6-2)39(51)49(41(52)46(38)4)30-35-42-31(3)33-24-20-21-25-34(33)44-35/h20-21,24-25,32,36,43,50H,5,7,9-19,22-23,26-30H2,1-4H3/t32-,36?/m1/s1.